The van der Waals surface area contributed by atoms with E-state index in [1.54, 1.807) is 7.11 Å². The summed E-state index contributed by atoms with van der Waals surface area (Å²) in [7, 11) is 1.65. The van der Waals surface area contributed by atoms with Gasteiger partial charge in [0.15, 0.2) is 0 Å². The van der Waals surface area contributed by atoms with Crippen LogP contribution in [0.25, 0.3) is 0 Å². The molecule has 1 spiro atoms. The van der Waals surface area contributed by atoms with Crippen molar-refractivity contribution in [3.05, 3.63) is 0 Å². The molecule has 0 aromatic carbocycles. The molecule has 1 aliphatic heterocycles. The summed E-state index contributed by atoms with van der Waals surface area (Å²) in [6.45, 7) is 6.31. The highest BCUT2D eigenvalue weighted by atomic mass is 16.5. The second kappa shape index (κ2) is 5.14. The number of nitrogens with zero attached hydrogens (tertiary/aromatic N) is 1. The van der Waals surface area contributed by atoms with Gasteiger partial charge in [-0.25, -0.2) is 0 Å². The summed E-state index contributed by atoms with van der Waals surface area (Å²) in [5, 5.41) is 47.4. The van der Waals surface area contributed by atoms with Crippen molar-refractivity contribution >= 4 is 0 Å². The van der Waals surface area contributed by atoms with Crippen LogP contribution in [0.4, 0.5) is 0 Å². The van der Waals surface area contributed by atoms with Gasteiger partial charge in [-0.05, 0) is 43.6 Å². The lowest BCUT2D eigenvalue weighted by Gasteiger charge is -2.71. The van der Waals surface area contributed by atoms with Crippen LogP contribution in [0.5, 0.6) is 0 Å². The summed E-state index contributed by atoms with van der Waals surface area (Å²) in [4.78, 5) is 2.45. The predicted molar refractivity (Wildman–Crippen MR) is 101 cm³/mol. The van der Waals surface area contributed by atoms with Crippen molar-refractivity contribution < 1.29 is 25.2 Å². The van der Waals surface area contributed by atoms with E-state index in [1.165, 1.54) is 0 Å². The van der Waals surface area contributed by atoms with E-state index >= 15 is 0 Å². The lowest BCUT2D eigenvalue weighted by atomic mass is 9.42. The topological polar surface area (TPSA) is 93.4 Å². The van der Waals surface area contributed by atoms with Gasteiger partial charge in [-0.1, -0.05) is 13.8 Å². The Hall–Kier alpha value is -0.240. The Bertz CT molecular complexity index is 719. The quantitative estimate of drug-likeness (QED) is 0.542. The van der Waals surface area contributed by atoms with Crippen molar-refractivity contribution in [1.82, 2.24) is 4.90 Å². The molecule has 0 radical (unpaired) electrons. The lowest BCUT2D eigenvalue weighted by molar-refractivity contribution is -0.321. The zero-order chi connectivity index (χ0) is 19.9. The van der Waals surface area contributed by atoms with Gasteiger partial charge in [0.25, 0.3) is 0 Å². The van der Waals surface area contributed by atoms with E-state index in [0.29, 0.717) is 19.3 Å². The molecular weight excluding hydrogens is 358 g/mol. The van der Waals surface area contributed by atoms with Crippen molar-refractivity contribution in [3.63, 3.8) is 0 Å². The maximum absolute atomic E-state index is 12.5. The van der Waals surface area contributed by atoms with Gasteiger partial charge in [0.1, 0.15) is 0 Å². The number of fused-ring (bicyclic) bond motifs is 2. The fraction of sp³-hybridized carbons (Fsp3) is 1.00. The molecule has 158 valence electrons. The molecule has 12 atom stereocenters. The van der Waals surface area contributed by atoms with Crippen molar-refractivity contribution in [2.45, 2.75) is 81.5 Å². The van der Waals surface area contributed by atoms with Crippen LogP contribution in [0, 0.1) is 34.5 Å². The van der Waals surface area contributed by atoms with Crippen LogP contribution in [0.15, 0.2) is 0 Å². The third-order valence-corrected chi connectivity index (χ3v) is 10.8. The first-order valence-corrected chi connectivity index (χ1v) is 11.3. The van der Waals surface area contributed by atoms with Crippen LogP contribution in [-0.4, -0.2) is 81.1 Å². The van der Waals surface area contributed by atoms with Crippen molar-refractivity contribution in [3.8, 4) is 0 Å². The van der Waals surface area contributed by atoms with Gasteiger partial charge < -0.3 is 25.2 Å². The monoisotopic (exact) mass is 393 g/mol. The van der Waals surface area contributed by atoms with Crippen molar-refractivity contribution in [2.75, 3.05) is 20.2 Å². The molecule has 5 saturated carbocycles. The summed E-state index contributed by atoms with van der Waals surface area (Å²) in [5.74, 6) is -0.613. The smallest absolute Gasteiger partial charge is 0.0831 e. The summed E-state index contributed by atoms with van der Waals surface area (Å²) in [5.41, 5.74) is -3.02. The fourth-order valence-electron chi connectivity index (χ4n) is 10.1. The second-order valence-corrected chi connectivity index (χ2v) is 11.3. The highest BCUT2D eigenvalue weighted by molar-refractivity contribution is 5.37. The molecule has 6 heteroatoms. The Balaban J connectivity index is 1.64. The highest BCUT2D eigenvalue weighted by Crippen LogP contribution is 2.79. The number of hydrogen-bond donors (Lipinski definition) is 4. The molecule has 6 fully saturated rings. The summed E-state index contributed by atoms with van der Waals surface area (Å²) >= 11 is 0. The molecular formula is C22H35NO5. The Morgan fingerprint density at radius 1 is 1.18 bits per heavy atom. The summed E-state index contributed by atoms with van der Waals surface area (Å²) in [6, 6.07) is -0.0290. The molecule has 1 heterocycles. The predicted octanol–water partition coefficient (Wildman–Crippen LogP) is 0.365. The number of hydrogen-bond acceptors (Lipinski definition) is 6. The number of aliphatic hydroxyl groups is 4. The van der Waals surface area contributed by atoms with E-state index in [2.05, 4.69) is 18.7 Å². The normalized spacial score (nSPS) is 67.0. The first-order valence-electron chi connectivity index (χ1n) is 11.3. The lowest BCUT2D eigenvalue weighted by Crippen LogP contribution is -2.81. The van der Waals surface area contributed by atoms with E-state index in [1.807, 2.05) is 0 Å². The molecule has 12 unspecified atom stereocenters. The number of rotatable bonds is 2. The first kappa shape index (κ1) is 18.5. The molecule has 6 nitrogen and oxygen atoms in total. The second-order valence-electron chi connectivity index (χ2n) is 11.3. The minimum atomic E-state index is -1.25. The summed E-state index contributed by atoms with van der Waals surface area (Å²) in [6.07, 6.45) is 1.79. The highest BCUT2D eigenvalue weighted by Gasteiger charge is 2.87. The van der Waals surface area contributed by atoms with Crippen molar-refractivity contribution in [1.29, 1.82) is 0 Å². The van der Waals surface area contributed by atoms with Gasteiger partial charge in [0.2, 0.25) is 0 Å². The van der Waals surface area contributed by atoms with Crippen LogP contribution >= 0.6 is 0 Å². The van der Waals surface area contributed by atoms with E-state index in [9.17, 15) is 20.4 Å². The Labute approximate surface area is 166 Å². The molecule has 1 saturated heterocycles. The van der Waals surface area contributed by atoms with Gasteiger partial charge in [0.05, 0.1) is 29.5 Å². The Morgan fingerprint density at radius 3 is 2.61 bits per heavy atom. The molecule has 0 aromatic heterocycles. The minimum Gasteiger partial charge on any atom is -0.392 e. The molecule has 4 N–H and O–H groups in total. The van der Waals surface area contributed by atoms with Crippen LogP contribution < -0.4 is 0 Å². The largest absolute Gasteiger partial charge is 0.392 e. The summed E-state index contributed by atoms with van der Waals surface area (Å²) < 4.78 is 5.72. The first-order chi connectivity index (χ1) is 13.2. The van der Waals surface area contributed by atoms with Gasteiger partial charge >= 0.3 is 0 Å². The molecule has 6 aliphatic rings. The van der Waals surface area contributed by atoms with Crippen LogP contribution in [-0.2, 0) is 4.74 Å². The zero-order valence-corrected chi connectivity index (χ0v) is 17.2. The molecule has 0 aromatic rings. The third-order valence-electron chi connectivity index (χ3n) is 10.8. The fourth-order valence-corrected chi connectivity index (χ4v) is 10.1. The third kappa shape index (κ3) is 1.59. The number of likely N-dealkylation sites (tertiary alicyclic amines) is 1. The Morgan fingerprint density at radius 2 is 1.93 bits per heavy atom. The van der Waals surface area contributed by atoms with Crippen LogP contribution in [0.2, 0.25) is 0 Å². The van der Waals surface area contributed by atoms with E-state index in [0.717, 1.165) is 25.9 Å². The van der Waals surface area contributed by atoms with Crippen LogP contribution in [0.1, 0.15) is 46.0 Å². The SMILES string of the molecule is CCN1CC2(C)CCC(O)C34C1C(CC23)C1(O)CC(OC)C2CC4(O)C1C2O. The van der Waals surface area contributed by atoms with Gasteiger partial charge in [-0.15, -0.1) is 0 Å². The van der Waals surface area contributed by atoms with Gasteiger partial charge in [-0.2, -0.15) is 0 Å². The zero-order valence-electron chi connectivity index (χ0n) is 17.2. The number of aliphatic hydroxyl groups excluding tert-OH is 2. The number of piperidine rings is 1. The standard InChI is InChI=1S/C22H35NO5/c1-4-23-10-19(2)6-5-15(24)22-14(19)7-12(18(22)23)20(26)9-13(28-3)11-8-21(22,27)17(20)16(11)25/h11-18,24-27H,4-10H2,1-3H3. The Kier molecular flexibility index (Phi) is 3.40. The molecule has 0 amide bonds. The maximum atomic E-state index is 12.5. The van der Waals surface area contributed by atoms with Crippen LogP contribution in [0.3, 0.4) is 0 Å². The van der Waals surface area contributed by atoms with Crippen molar-refractivity contribution in [2.24, 2.45) is 34.5 Å². The van der Waals surface area contributed by atoms with E-state index in [-0.39, 0.29) is 35.3 Å². The molecule has 7 bridgehead atoms. The molecule has 6 rings (SSSR count). The van der Waals surface area contributed by atoms with E-state index in [4.69, 9.17) is 4.74 Å². The number of ether oxygens (including phenoxy) is 1. The van der Waals surface area contributed by atoms with E-state index < -0.39 is 34.7 Å². The molecule has 5 aliphatic carbocycles. The maximum Gasteiger partial charge on any atom is 0.0831 e. The minimum absolute atomic E-state index is 0.0290. The average Bonchev–Trinajstić information content (AvgIpc) is 3.07. The van der Waals surface area contributed by atoms with Gasteiger partial charge in [-0.3, -0.25) is 4.90 Å². The number of methoxy groups -OCH3 is 1. The van der Waals surface area contributed by atoms with Gasteiger partial charge in [0, 0.05) is 49.3 Å². The molecule has 28 heavy (non-hydrogen) atoms. The average molecular weight is 394 g/mol.